The molecule has 0 radical (unpaired) electrons. The SMILES string of the molecule is CC(C)C[C@@H](NC(=O)N1CCc2ccccc21)C(=O)Nc1ccn[nH]1. The van der Waals surface area contributed by atoms with Crippen LogP contribution in [0.1, 0.15) is 25.8 Å². The highest BCUT2D eigenvalue weighted by atomic mass is 16.2. The highest BCUT2D eigenvalue weighted by molar-refractivity contribution is 6.00. The molecule has 0 fully saturated rings. The molecule has 0 saturated carbocycles. The molecule has 2 heterocycles. The normalized spacial score (nSPS) is 14.3. The third kappa shape index (κ3) is 3.99. The van der Waals surface area contributed by atoms with Crippen LogP contribution in [0.2, 0.25) is 0 Å². The van der Waals surface area contributed by atoms with Crippen LogP contribution in [0.5, 0.6) is 0 Å². The zero-order valence-corrected chi connectivity index (χ0v) is 14.5. The molecule has 1 aromatic carbocycles. The highest BCUT2D eigenvalue weighted by Crippen LogP contribution is 2.27. The van der Waals surface area contributed by atoms with Gasteiger partial charge in [-0.3, -0.25) is 14.8 Å². The van der Waals surface area contributed by atoms with E-state index in [1.54, 1.807) is 17.2 Å². The molecule has 0 spiro atoms. The average Bonchev–Trinajstić information content (AvgIpc) is 3.22. The first-order valence-electron chi connectivity index (χ1n) is 8.50. The van der Waals surface area contributed by atoms with Crippen molar-refractivity contribution >= 4 is 23.4 Å². The van der Waals surface area contributed by atoms with Gasteiger partial charge in [-0.2, -0.15) is 5.10 Å². The quantitative estimate of drug-likeness (QED) is 0.780. The van der Waals surface area contributed by atoms with Crippen LogP contribution in [0, 0.1) is 5.92 Å². The molecule has 3 amide bonds. The summed E-state index contributed by atoms with van der Waals surface area (Å²) in [5.74, 6) is 0.530. The predicted molar refractivity (Wildman–Crippen MR) is 96.5 cm³/mol. The third-order valence-electron chi connectivity index (χ3n) is 4.21. The first kappa shape index (κ1) is 17.0. The van der Waals surface area contributed by atoms with E-state index in [1.807, 2.05) is 38.1 Å². The molecule has 7 heteroatoms. The van der Waals surface area contributed by atoms with Crippen molar-refractivity contribution < 1.29 is 9.59 Å². The summed E-state index contributed by atoms with van der Waals surface area (Å²) in [6.07, 6.45) is 2.95. The van der Waals surface area contributed by atoms with Crippen LogP contribution in [0.15, 0.2) is 36.5 Å². The van der Waals surface area contributed by atoms with E-state index >= 15 is 0 Å². The number of aromatic nitrogens is 2. The number of benzene rings is 1. The summed E-state index contributed by atoms with van der Waals surface area (Å²) >= 11 is 0. The Morgan fingerprint density at radius 2 is 2.08 bits per heavy atom. The highest BCUT2D eigenvalue weighted by Gasteiger charge is 2.28. The minimum absolute atomic E-state index is 0.240. The number of hydrogen-bond donors (Lipinski definition) is 3. The van der Waals surface area contributed by atoms with E-state index in [2.05, 4.69) is 20.8 Å². The molecule has 3 rings (SSSR count). The van der Waals surface area contributed by atoms with Crippen molar-refractivity contribution in [1.29, 1.82) is 0 Å². The summed E-state index contributed by atoms with van der Waals surface area (Å²) in [4.78, 5) is 27.0. The maximum atomic E-state index is 12.7. The van der Waals surface area contributed by atoms with E-state index < -0.39 is 6.04 Å². The van der Waals surface area contributed by atoms with Crippen molar-refractivity contribution in [2.75, 3.05) is 16.8 Å². The second kappa shape index (κ2) is 7.38. The molecule has 132 valence electrons. The fraction of sp³-hybridized carbons (Fsp3) is 0.389. The number of H-pyrrole nitrogens is 1. The second-order valence-corrected chi connectivity index (χ2v) is 6.62. The molecule has 0 aliphatic carbocycles. The van der Waals surface area contributed by atoms with Crippen molar-refractivity contribution in [1.82, 2.24) is 15.5 Å². The fourth-order valence-electron chi connectivity index (χ4n) is 3.02. The number of carbonyl (C=O) groups is 2. The standard InChI is InChI=1S/C18H23N5O2/c1-12(2)11-14(17(24)21-16-7-9-19-22-16)20-18(25)23-10-8-13-5-3-4-6-15(13)23/h3-7,9,12,14H,8,10-11H2,1-2H3,(H,20,25)(H2,19,21,22,24)/t14-/m1/s1. The number of fused-ring (bicyclic) bond motifs is 1. The maximum Gasteiger partial charge on any atom is 0.322 e. The molecule has 2 aromatic rings. The maximum absolute atomic E-state index is 12.7. The first-order valence-corrected chi connectivity index (χ1v) is 8.50. The number of rotatable bonds is 5. The molecule has 3 N–H and O–H groups in total. The first-order chi connectivity index (χ1) is 12.0. The lowest BCUT2D eigenvalue weighted by atomic mass is 10.0. The number of urea groups is 1. The molecule has 0 saturated heterocycles. The van der Waals surface area contributed by atoms with Gasteiger partial charge in [-0.1, -0.05) is 32.0 Å². The van der Waals surface area contributed by atoms with Gasteiger partial charge in [-0.15, -0.1) is 0 Å². The zero-order valence-electron chi connectivity index (χ0n) is 14.5. The van der Waals surface area contributed by atoms with Crippen molar-refractivity contribution in [2.24, 2.45) is 5.92 Å². The minimum Gasteiger partial charge on any atom is -0.326 e. The molecule has 1 aliphatic heterocycles. The van der Waals surface area contributed by atoms with Crippen LogP contribution in [-0.4, -0.2) is 34.7 Å². The fourth-order valence-corrected chi connectivity index (χ4v) is 3.02. The lowest BCUT2D eigenvalue weighted by molar-refractivity contribution is -0.118. The average molecular weight is 341 g/mol. The van der Waals surface area contributed by atoms with E-state index in [1.165, 1.54) is 0 Å². The van der Waals surface area contributed by atoms with E-state index in [9.17, 15) is 9.59 Å². The van der Waals surface area contributed by atoms with Crippen LogP contribution in [0.25, 0.3) is 0 Å². The summed E-state index contributed by atoms with van der Waals surface area (Å²) in [7, 11) is 0. The van der Waals surface area contributed by atoms with Crippen LogP contribution >= 0.6 is 0 Å². The summed E-state index contributed by atoms with van der Waals surface area (Å²) in [6.45, 7) is 4.67. The number of amides is 3. The van der Waals surface area contributed by atoms with Crippen molar-refractivity contribution in [3.05, 3.63) is 42.1 Å². The van der Waals surface area contributed by atoms with E-state index in [0.29, 0.717) is 18.8 Å². The van der Waals surface area contributed by atoms with Crippen molar-refractivity contribution in [3.63, 3.8) is 0 Å². The Balaban J connectivity index is 1.69. The summed E-state index contributed by atoms with van der Waals surface area (Å²) in [6, 6.07) is 8.67. The van der Waals surface area contributed by atoms with Crippen LogP contribution in [0.3, 0.4) is 0 Å². The van der Waals surface area contributed by atoms with Crippen LogP contribution in [0.4, 0.5) is 16.3 Å². The van der Waals surface area contributed by atoms with Gasteiger partial charge in [0.05, 0.1) is 6.20 Å². The van der Waals surface area contributed by atoms with Gasteiger partial charge < -0.3 is 10.6 Å². The second-order valence-electron chi connectivity index (χ2n) is 6.62. The van der Waals surface area contributed by atoms with Gasteiger partial charge in [0.15, 0.2) is 0 Å². The van der Waals surface area contributed by atoms with E-state index in [-0.39, 0.29) is 17.9 Å². The van der Waals surface area contributed by atoms with Gasteiger partial charge in [0, 0.05) is 18.3 Å². The van der Waals surface area contributed by atoms with E-state index in [4.69, 9.17) is 0 Å². The molecule has 0 bridgehead atoms. The molecule has 1 atom stereocenters. The third-order valence-corrected chi connectivity index (χ3v) is 4.21. The topological polar surface area (TPSA) is 90.1 Å². The van der Waals surface area contributed by atoms with Crippen molar-refractivity contribution in [3.8, 4) is 0 Å². The molecule has 25 heavy (non-hydrogen) atoms. The summed E-state index contributed by atoms with van der Waals surface area (Å²) in [5.41, 5.74) is 2.07. The van der Waals surface area contributed by atoms with Gasteiger partial charge >= 0.3 is 6.03 Å². The number of aromatic amines is 1. The number of nitrogens with one attached hydrogen (secondary N) is 3. The predicted octanol–water partition coefficient (Wildman–Crippen LogP) is 2.54. The summed E-state index contributed by atoms with van der Waals surface area (Å²) in [5, 5.41) is 12.1. The number of carbonyl (C=O) groups excluding carboxylic acids is 2. The Morgan fingerprint density at radius 1 is 1.28 bits per heavy atom. The molecular formula is C18H23N5O2. The number of para-hydroxylation sites is 1. The van der Waals surface area contributed by atoms with Gasteiger partial charge in [-0.25, -0.2) is 4.79 Å². The Kier molecular flexibility index (Phi) is 5.02. The Labute approximate surface area is 146 Å². The van der Waals surface area contributed by atoms with Gasteiger partial charge in [0.2, 0.25) is 5.91 Å². The van der Waals surface area contributed by atoms with Gasteiger partial charge in [0.25, 0.3) is 0 Å². The molecule has 0 unspecified atom stereocenters. The van der Waals surface area contributed by atoms with Crippen LogP contribution in [-0.2, 0) is 11.2 Å². The molecule has 1 aliphatic rings. The van der Waals surface area contributed by atoms with Crippen LogP contribution < -0.4 is 15.5 Å². The number of nitrogens with zero attached hydrogens (tertiary/aromatic N) is 2. The van der Waals surface area contributed by atoms with Gasteiger partial charge in [-0.05, 0) is 30.4 Å². The zero-order chi connectivity index (χ0) is 17.8. The summed E-state index contributed by atoms with van der Waals surface area (Å²) < 4.78 is 0. The van der Waals surface area contributed by atoms with Crippen molar-refractivity contribution in [2.45, 2.75) is 32.7 Å². The number of anilines is 2. The number of hydrogen-bond acceptors (Lipinski definition) is 3. The molecule has 1 aromatic heterocycles. The van der Waals surface area contributed by atoms with E-state index in [0.717, 1.165) is 17.7 Å². The molecule has 7 nitrogen and oxygen atoms in total. The van der Waals surface area contributed by atoms with Gasteiger partial charge in [0.1, 0.15) is 11.9 Å². The lowest BCUT2D eigenvalue weighted by Crippen LogP contribution is -2.49. The minimum atomic E-state index is -0.608. The Morgan fingerprint density at radius 3 is 2.80 bits per heavy atom. The Bertz CT molecular complexity index is 742. The monoisotopic (exact) mass is 341 g/mol. The smallest absolute Gasteiger partial charge is 0.322 e. The lowest BCUT2D eigenvalue weighted by Gasteiger charge is -2.24. The largest absolute Gasteiger partial charge is 0.326 e. The Hall–Kier alpha value is -2.83. The molecular weight excluding hydrogens is 318 g/mol.